The fraction of sp³-hybridized carbons (Fsp3) is 0.352. The van der Waals surface area contributed by atoms with E-state index in [2.05, 4.69) is 51.9 Å². The number of primary amides is 2. The molecule has 29 heteroatoms. The van der Waals surface area contributed by atoms with Gasteiger partial charge in [-0.3, -0.25) is 57.7 Å². The molecule has 0 radical (unpaired) electrons. The van der Waals surface area contributed by atoms with Crippen LogP contribution in [-0.4, -0.2) is 128 Å². The Kier molecular flexibility index (Phi) is 23.2. The summed E-state index contributed by atoms with van der Waals surface area (Å²) in [5, 5.41) is 39.7. The number of hydrogen-bond donors (Lipinski definition) is 13. The Morgan fingerprint density at radius 2 is 1.28 bits per heavy atom. The molecule has 9 amide bonds. The van der Waals surface area contributed by atoms with E-state index in [0.717, 1.165) is 0 Å². The molecule has 1 heterocycles. The number of isothiocyanates is 1. The second-order valence-corrected chi connectivity index (χ2v) is 21.2. The molecule has 5 rings (SSSR count). The van der Waals surface area contributed by atoms with Crippen molar-refractivity contribution in [3.63, 3.8) is 0 Å². The van der Waals surface area contributed by atoms with Crippen molar-refractivity contribution < 1.29 is 76.7 Å². The first-order valence-electron chi connectivity index (χ1n) is 25.6. The van der Waals surface area contributed by atoms with Crippen molar-refractivity contribution in [3.8, 4) is 33.9 Å². The summed E-state index contributed by atoms with van der Waals surface area (Å²) in [7, 11) is -4.99. The second kappa shape index (κ2) is 29.7. The molecule has 3 aromatic carbocycles. The summed E-state index contributed by atoms with van der Waals surface area (Å²) in [5.74, 6) is -9.06. The maximum Gasteiger partial charge on any atom is 0.524 e. The zero-order valence-corrected chi connectivity index (χ0v) is 47.0. The Balaban J connectivity index is 1.39. The van der Waals surface area contributed by atoms with Gasteiger partial charge in [0.2, 0.25) is 47.3 Å². The molecule has 1 aliphatic carbocycles. The molecule has 2 aliphatic rings. The van der Waals surface area contributed by atoms with Crippen molar-refractivity contribution in [2.75, 3.05) is 19.7 Å². The normalized spacial score (nSPS) is 13.1. The Hall–Kier alpha value is -8.91. The van der Waals surface area contributed by atoms with Gasteiger partial charge in [0.1, 0.15) is 53.1 Å². The Morgan fingerprint density at radius 3 is 1.84 bits per heavy atom. The number of aliphatic hydroxyl groups is 1. The SMILES string of the molecule is CC(C)C[C@H](NC(=O)CNC(=O)[C@H](CCC(N)=O)NC(=O)[C@H](Cc1ccc(OP(=O)(O)O)cc1)NC(=O)[C@H](CC(C)C)NC(=O)CNC(=O)c1cc(N=C=S)ccc1-c1c2ccc(=O)cc-2oc2cc(O)ccc12)C(=O)N[C@@H](CO)C(N)=O. The summed E-state index contributed by atoms with van der Waals surface area (Å²) in [5.41, 5.74) is 12.0. The topological polar surface area (TPSA) is 440 Å². The number of aromatic hydroxyl groups is 1. The van der Waals surface area contributed by atoms with Gasteiger partial charge in [0.25, 0.3) is 5.91 Å². The highest BCUT2D eigenvalue weighted by atomic mass is 32.1. The summed E-state index contributed by atoms with van der Waals surface area (Å²) in [4.78, 5) is 155. The molecule has 27 nitrogen and oxygen atoms in total. The molecular weight excluding hydrogens is 1120 g/mol. The molecule has 0 fully saturated rings. The Bertz CT molecular complexity index is 3380. The van der Waals surface area contributed by atoms with Crippen LogP contribution in [0.2, 0.25) is 0 Å². The third-order valence-electron chi connectivity index (χ3n) is 12.3. The summed E-state index contributed by atoms with van der Waals surface area (Å²) in [6.07, 6.45) is -1.26. The molecule has 0 unspecified atom stereocenters. The van der Waals surface area contributed by atoms with Gasteiger partial charge in [0.15, 0.2) is 5.43 Å². The van der Waals surface area contributed by atoms with Gasteiger partial charge in [0.05, 0.1) is 30.5 Å². The van der Waals surface area contributed by atoms with Crippen LogP contribution in [-0.2, 0) is 49.3 Å². The number of phenolic OH excluding ortho intramolecular Hbond substituents is 1. The van der Waals surface area contributed by atoms with Crippen LogP contribution in [0.25, 0.3) is 33.4 Å². The maximum atomic E-state index is 14.4. The number of carbonyl (C=O) groups is 9. The minimum absolute atomic E-state index is 0.0225. The number of nitrogens with two attached hydrogens (primary N) is 2. The number of thiocarbonyl (C=S) groups is 1. The molecule has 3 aromatic rings. The van der Waals surface area contributed by atoms with Crippen LogP contribution < -0.4 is 58.6 Å². The summed E-state index contributed by atoms with van der Waals surface area (Å²) >= 11 is 4.81. The first kappa shape index (κ1) is 64.9. The van der Waals surface area contributed by atoms with Crippen LogP contribution in [0.1, 0.15) is 69.3 Å². The number of hydrogen-bond acceptors (Lipinski definition) is 17. The fourth-order valence-corrected chi connectivity index (χ4v) is 9.00. The van der Waals surface area contributed by atoms with Crippen LogP contribution in [0, 0.1) is 11.8 Å². The Labute approximate surface area is 479 Å². The molecule has 83 heavy (non-hydrogen) atoms. The van der Waals surface area contributed by atoms with Crippen molar-refractivity contribution >= 4 is 95.0 Å². The average Bonchev–Trinajstić information content (AvgIpc) is 1.79. The smallest absolute Gasteiger partial charge is 0.508 e. The number of carbonyl (C=O) groups excluding carboxylic acids is 9. The van der Waals surface area contributed by atoms with Gasteiger partial charge in [-0.25, -0.2) is 4.57 Å². The first-order chi connectivity index (χ1) is 39.1. The van der Waals surface area contributed by atoms with E-state index >= 15 is 0 Å². The van der Waals surface area contributed by atoms with Gasteiger partial charge in [-0.15, -0.1) is 0 Å². The first-order valence-corrected chi connectivity index (χ1v) is 27.6. The predicted octanol–water partition coefficient (Wildman–Crippen LogP) is 0.824. The maximum absolute atomic E-state index is 14.4. The highest BCUT2D eigenvalue weighted by Gasteiger charge is 2.33. The third-order valence-corrected chi connectivity index (χ3v) is 12.8. The number of amides is 9. The van der Waals surface area contributed by atoms with Crippen molar-refractivity contribution in [2.45, 2.75) is 90.0 Å². The van der Waals surface area contributed by atoms with Gasteiger partial charge < -0.3 is 67.8 Å². The molecular formula is C54H63N10O17PS. The number of nitrogens with zero attached hydrogens (tertiary/aromatic N) is 1. The highest BCUT2D eigenvalue weighted by molar-refractivity contribution is 7.78. The number of benzene rings is 4. The van der Waals surface area contributed by atoms with Crippen molar-refractivity contribution in [3.05, 3.63) is 100 Å². The van der Waals surface area contributed by atoms with E-state index in [4.69, 9.17) is 28.1 Å². The number of aliphatic imine (C=N–C) groups is 1. The number of phenols is 1. The molecule has 0 bridgehead atoms. The zero-order valence-electron chi connectivity index (χ0n) is 45.3. The lowest BCUT2D eigenvalue weighted by molar-refractivity contribution is -0.134. The monoisotopic (exact) mass is 1190 g/mol. The molecule has 0 spiro atoms. The molecule has 0 saturated carbocycles. The quantitative estimate of drug-likeness (QED) is 0.0136. The lowest BCUT2D eigenvalue weighted by atomic mass is 9.90. The lowest BCUT2D eigenvalue weighted by Crippen LogP contribution is -2.58. The van der Waals surface area contributed by atoms with E-state index in [1.807, 2.05) is 0 Å². The largest absolute Gasteiger partial charge is 0.524 e. The number of phosphoric acid groups is 1. The molecule has 442 valence electrons. The van der Waals surface area contributed by atoms with Crippen LogP contribution in [0.5, 0.6) is 11.5 Å². The van der Waals surface area contributed by atoms with Gasteiger partial charge in [-0.05, 0) is 103 Å². The lowest BCUT2D eigenvalue weighted by Gasteiger charge is -2.26. The standard InChI is InChI=1S/C54H63N10O17PS/c1-27(2)17-39(60-46(69)23-57-50(72)37-20-30(59-26-83)7-12-34(37)48-35-13-8-31(66)21-43(35)80-44-22-32(67)9-14-36(44)48)52(74)63-41(19-29-5-10-33(11-6-29)81-82(77,78)79)54(76)62-38(15-16-45(55)68)51(73)58-24-47(70)61-40(18-28(3)4)53(75)64-42(25-65)49(56)71/h5-14,20-22,27-28,38-42,65-66H,15-19,23-25H2,1-4H3,(H2,55,68)(H2,56,71)(H,57,72)(H,58,73)(H,60,69)(H,61,70)(H,62,76)(H,63,74)(H,64,75)(H2,77,78,79)/t38-,39-,40-,41-,42-/m0/s1. The zero-order chi connectivity index (χ0) is 61.3. The Morgan fingerprint density at radius 1 is 0.699 bits per heavy atom. The van der Waals surface area contributed by atoms with Gasteiger partial charge >= 0.3 is 7.82 Å². The third kappa shape index (κ3) is 19.7. The van der Waals surface area contributed by atoms with E-state index < -0.39 is 124 Å². The van der Waals surface area contributed by atoms with Gasteiger partial charge in [-0.2, -0.15) is 4.99 Å². The summed E-state index contributed by atoms with van der Waals surface area (Å²) in [6, 6.07) is 10.6. The van der Waals surface area contributed by atoms with Crippen LogP contribution >= 0.6 is 20.0 Å². The van der Waals surface area contributed by atoms with E-state index in [1.54, 1.807) is 45.9 Å². The fourth-order valence-electron chi connectivity index (χ4n) is 8.50. The number of fused-ring (bicyclic) bond motifs is 2. The molecule has 5 atom stereocenters. The van der Waals surface area contributed by atoms with Crippen molar-refractivity contribution in [1.29, 1.82) is 0 Å². The number of phosphoric ester groups is 1. The minimum Gasteiger partial charge on any atom is -0.508 e. The second-order valence-electron chi connectivity index (χ2n) is 19.9. The molecule has 1 aliphatic heterocycles. The number of aliphatic hydroxyl groups excluding tert-OH is 1. The number of nitrogens with one attached hydrogen (secondary N) is 7. The van der Waals surface area contributed by atoms with Gasteiger partial charge in [-0.1, -0.05) is 45.9 Å². The van der Waals surface area contributed by atoms with E-state index in [1.165, 1.54) is 60.7 Å². The van der Waals surface area contributed by atoms with E-state index in [-0.39, 0.29) is 76.2 Å². The molecule has 0 saturated heterocycles. The van der Waals surface area contributed by atoms with Crippen molar-refractivity contribution in [2.24, 2.45) is 28.3 Å². The highest BCUT2D eigenvalue weighted by Crippen LogP contribution is 2.43. The van der Waals surface area contributed by atoms with Crippen LogP contribution in [0.15, 0.2) is 93.1 Å². The van der Waals surface area contributed by atoms with Crippen LogP contribution in [0.4, 0.5) is 5.69 Å². The predicted molar refractivity (Wildman–Crippen MR) is 302 cm³/mol. The van der Waals surface area contributed by atoms with Crippen molar-refractivity contribution in [1.82, 2.24) is 37.2 Å². The van der Waals surface area contributed by atoms with Gasteiger partial charge in [0, 0.05) is 47.1 Å². The molecule has 0 aromatic heterocycles. The average molecular weight is 1190 g/mol. The van der Waals surface area contributed by atoms with E-state index in [0.29, 0.717) is 22.1 Å². The molecule has 15 N–H and O–H groups in total. The summed E-state index contributed by atoms with van der Waals surface area (Å²) < 4.78 is 22.1. The summed E-state index contributed by atoms with van der Waals surface area (Å²) in [6.45, 7) is 4.62. The van der Waals surface area contributed by atoms with Crippen LogP contribution in [0.3, 0.4) is 0 Å². The number of rotatable bonds is 29. The van der Waals surface area contributed by atoms with E-state index in [9.17, 15) is 72.5 Å². The minimum atomic E-state index is -4.99.